The monoisotopic (exact) mass is 530 g/mol. The van der Waals surface area contributed by atoms with Gasteiger partial charge in [0.25, 0.3) is 0 Å². The van der Waals surface area contributed by atoms with E-state index in [1.165, 1.54) is 11.6 Å². The zero-order chi connectivity index (χ0) is 25.5. The second-order valence-corrected chi connectivity index (χ2v) is 10.0. The molecule has 0 saturated carbocycles. The first kappa shape index (κ1) is 28.7. The largest absolute Gasteiger partial charge is 0.487 e. The Morgan fingerprint density at radius 1 is 1.08 bits per heavy atom. The first-order chi connectivity index (χ1) is 17.4. The van der Waals surface area contributed by atoms with E-state index in [-0.39, 0.29) is 30.8 Å². The van der Waals surface area contributed by atoms with E-state index in [9.17, 15) is 14.9 Å². The van der Waals surface area contributed by atoms with Gasteiger partial charge >= 0.3 is 5.69 Å². The quantitative estimate of drug-likeness (QED) is 0.318. The Hall–Kier alpha value is -2.84. The summed E-state index contributed by atoms with van der Waals surface area (Å²) in [5.41, 5.74) is 2.13. The Morgan fingerprint density at radius 3 is 2.38 bits per heavy atom. The van der Waals surface area contributed by atoms with E-state index in [4.69, 9.17) is 16.3 Å². The summed E-state index contributed by atoms with van der Waals surface area (Å²) in [6, 6.07) is 13.3. The average Bonchev–Trinajstić information content (AvgIpc) is 2.89. The molecule has 2 aliphatic rings. The van der Waals surface area contributed by atoms with Gasteiger partial charge in [-0.1, -0.05) is 31.2 Å². The molecule has 0 atom stereocenters. The van der Waals surface area contributed by atoms with Crippen LogP contribution in [0.3, 0.4) is 0 Å². The summed E-state index contributed by atoms with van der Waals surface area (Å²) < 4.78 is 5.44. The molecular formula is C28H39ClN4O4. The van der Waals surface area contributed by atoms with Crippen molar-refractivity contribution >= 4 is 28.9 Å². The van der Waals surface area contributed by atoms with Crippen LogP contribution in [0.5, 0.6) is 5.75 Å². The fraction of sp³-hybridized carbons (Fsp3) is 0.536. The van der Waals surface area contributed by atoms with E-state index >= 15 is 0 Å². The van der Waals surface area contributed by atoms with E-state index in [0.717, 1.165) is 69.1 Å². The van der Waals surface area contributed by atoms with E-state index in [1.807, 2.05) is 17.0 Å². The maximum atomic E-state index is 12.8. The molecule has 0 radical (unpaired) electrons. The first-order valence-corrected chi connectivity index (χ1v) is 13.2. The minimum absolute atomic E-state index is 0. The van der Waals surface area contributed by atoms with Gasteiger partial charge in [0.15, 0.2) is 5.75 Å². The Morgan fingerprint density at radius 2 is 1.76 bits per heavy atom. The molecule has 1 N–H and O–H groups in total. The topological polar surface area (TPSA) is 88.0 Å². The maximum Gasteiger partial charge on any atom is 0.311 e. The van der Waals surface area contributed by atoms with Crippen LogP contribution in [0.1, 0.15) is 57.9 Å². The summed E-state index contributed by atoms with van der Waals surface area (Å²) in [4.78, 5) is 28.0. The number of piperidine rings is 2. The highest BCUT2D eigenvalue weighted by Crippen LogP contribution is 2.31. The molecule has 2 aromatic rings. The third kappa shape index (κ3) is 7.82. The van der Waals surface area contributed by atoms with Crippen molar-refractivity contribution in [3.8, 4) is 5.75 Å². The Balaban J connectivity index is 0.00000380. The number of hydrogen-bond donors (Lipinski definition) is 1. The molecular weight excluding hydrogens is 492 g/mol. The lowest BCUT2D eigenvalue weighted by Crippen LogP contribution is -2.43. The third-order valence-electron chi connectivity index (χ3n) is 7.25. The van der Waals surface area contributed by atoms with Gasteiger partial charge in [0.05, 0.1) is 11.5 Å². The summed E-state index contributed by atoms with van der Waals surface area (Å²) in [6.45, 7) is 6.47. The van der Waals surface area contributed by atoms with Gasteiger partial charge < -0.3 is 19.9 Å². The SMILES string of the molecule is C.CCOc1cc(NC2CCN(C(=O)CCN3CCC(c4ccc(Cl)cc4)CC3)CC2)ccc1[N+](=O)[O-]. The molecule has 4 rings (SSSR count). The predicted octanol–water partition coefficient (Wildman–Crippen LogP) is 5.96. The number of hydrogen-bond acceptors (Lipinski definition) is 6. The molecule has 8 nitrogen and oxygen atoms in total. The molecule has 0 aliphatic carbocycles. The summed E-state index contributed by atoms with van der Waals surface area (Å²) in [7, 11) is 0. The standard InChI is InChI=1S/C27H35ClN4O4.CH4/c1-2-36-26-19-24(7-8-25(26)32(34)35)29-23-11-17-31(18-12-23)27(33)13-16-30-14-9-21(10-15-30)20-3-5-22(28)6-4-20;/h3-8,19,21,23,29H,2,9-18H2,1H3;1H4. The molecule has 0 spiro atoms. The first-order valence-electron chi connectivity index (χ1n) is 12.9. The van der Waals surface area contributed by atoms with Crippen molar-refractivity contribution in [3.05, 3.63) is 63.2 Å². The fourth-order valence-electron chi connectivity index (χ4n) is 5.17. The highest BCUT2D eigenvalue weighted by molar-refractivity contribution is 6.30. The van der Waals surface area contributed by atoms with Crippen molar-refractivity contribution in [2.24, 2.45) is 0 Å². The van der Waals surface area contributed by atoms with Crippen LogP contribution in [-0.4, -0.2) is 66.0 Å². The van der Waals surface area contributed by atoms with Crippen LogP contribution in [0.25, 0.3) is 0 Å². The van der Waals surface area contributed by atoms with Crippen molar-refractivity contribution in [2.75, 3.05) is 44.6 Å². The number of carbonyl (C=O) groups excluding carboxylic acids is 1. The number of amides is 1. The lowest BCUT2D eigenvalue weighted by atomic mass is 9.89. The maximum absolute atomic E-state index is 12.8. The van der Waals surface area contributed by atoms with Gasteiger partial charge in [0.2, 0.25) is 5.91 Å². The third-order valence-corrected chi connectivity index (χ3v) is 7.50. The van der Waals surface area contributed by atoms with Crippen molar-refractivity contribution in [3.63, 3.8) is 0 Å². The van der Waals surface area contributed by atoms with Gasteiger partial charge in [-0.25, -0.2) is 0 Å². The summed E-state index contributed by atoms with van der Waals surface area (Å²) in [5.74, 6) is 1.07. The molecule has 1 amide bonds. The zero-order valence-corrected chi connectivity index (χ0v) is 21.6. The number of halogens is 1. The smallest absolute Gasteiger partial charge is 0.311 e. The van der Waals surface area contributed by atoms with Gasteiger partial charge in [-0.15, -0.1) is 0 Å². The predicted molar refractivity (Wildman–Crippen MR) is 149 cm³/mol. The zero-order valence-electron chi connectivity index (χ0n) is 20.8. The number of rotatable bonds is 9. The van der Waals surface area contributed by atoms with E-state index in [0.29, 0.717) is 18.9 Å². The summed E-state index contributed by atoms with van der Waals surface area (Å²) in [5, 5.41) is 15.4. The van der Waals surface area contributed by atoms with Crippen LogP contribution >= 0.6 is 11.6 Å². The lowest BCUT2D eigenvalue weighted by Gasteiger charge is -2.35. The van der Waals surface area contributed by atoms with Crippen LogP contribution < -0.4 is 10.1 Å². The molecule has 2 saturated heterocycles. The molecule has 37 heavy (non-hydrogen) atoms. The Kier molecular flexibility index (Phi) is 10.6. The number of nitro groups is 1. The van der Waals surface area contributed by atoms with E-state index in [2.05, 4.69) is 22.3 Å². The molecule has 202 valence electrons. The van der Waals surface area contributed by atoms with Crippen LogP contribution in [-0.2, 0) is 4.79 Å². The van der Waals surface area contributed by atoms with Crippen molar-refractivity contribution in [2.45, 2.75) is 58.4 Å². The molecule has 0 unspecified atom stereocenters. The molecule has 0 bridgehead atoms. The van der Waals surface area contributed by atoms with Crippen molar-refractivity contribution in [1.82, 2.24) is 9.80 Å². The fourth-order valence-corrected chi connectivity index (χ4v) is 5.30. The summed E-state index contributed by atoms with van der Waals surface area (Å²) >= 11 is 6.01. The summed E-state index contributed by atoms with van der Waals surface area (Å²) in [6.07, 6.45) is 4.48. The number of nitro benzene ring substituents is 1. The van der Waals surface area contributed by atoms with Crippen LogP contribution in [0.2, 0.25) is 5.02 Å². The number of ether oxygens (including phenoxy) is 1. The number of likely N-dealkylation sites (tertiary alicyclic amines) is 2. The van der Waals surface area contributed by atoms with Crippen molar-refractivity contribution in [1.29, 1.82) is 0 Å². The van der Waals surface area contributed by atoms with Gasteiger partial charge in [0.1, 0.15) is 0 Å². The van der Waals surface area contributed by atoms with Crippen molar-refractivity contribution < 1.29 is 14.5 Å². The van der Waals surface area contributed by atoms with Crippen LogP contribution in [0.15, 0.2) is 42.5 Å². The van der Waals surface area contributed by atoms with E-state index in [1.54, 1.807) is 19.1 Å². The molecule has 2 aliphatic heterocycles. The number of nitrogens with zero attached hydrogens (tertiary/aromatic N) is 3. The highest BCUT2D eigenvalue weighted by Gasteiger charge is 2.25. The minimum atomic E-state index is -0.430. The number of carbonyl (C=O) groups is 1. The molecule has 2 aromatic carbocycles. The van der Waals surface area contributed by atoms with Crippen LogP contribution in [0, 0.1) is 10.1 Å². The van der Waals surface area contributed by atoms with Crippen LogP contribution in [0.4, 0.5) is 11.4 Å². The van der Waals surface area contributed by atoms with E-state index < -0.39 is 4.92 Å². The molecule has 2 fully saturated rings. The number of benzene rings is 2. The van der Waals surface area contributed by atoms with Gasteiger partial charge in [0, 0.05) is 54.9 Å². The minimum Gasteiger partial charge on any atom is -0.487 e. The Bertz CT molecular complexity index is 1030. The molecule has 0 aromatic heterocycles. The van der Waals surface area contributed by atoms with Gasteiger partial charge in [-0.2, -0.15) is 0 Å². The van der Waals surface area contributed by atoms with Gasteiger partial charge in [-0.05, 0) is 75.4 Å². The van der Waals surface area contributed by atoms with Gasteiger partial charge in [-0.3, -0.25) is 14.9 Å². The molecule has 2 heterocycles. The number of nitrogens with one attached hydrogen (secondary N) is 1. The highest BCUT2D eigenvalue weighted by atomic mass is 35.5. The second kappa shape index (κ2) is 13.6. The molecule has 9 heteroatoms. The number of anilines is 1. The normalized spacial score (nSPS) is 17.2. The lowest BCUT2D eigenvalue weighted by molar-refractivity contribution is -0.385. The average molecular weight is 531 g/mol. The second-order valence-electron chi connectivity index (χ2n) is 9.59. The Labute approximate surface area is 225 Å².